The molecule has 2 aromatic rings. The molecular weight excluding hydrogens is 331 g/mol. The number of amides is 3. The molecule has 0 unspecified atom stereocenters. The van der Waals surface area contributed by atoms with Gasteiger partial charge >= 0.3 is 6.03 Å². The van der Waals surface area contributed by atoms with Crippen LogP contribution in [-0.2, 0) is 6.54 Å². The maximum atomic E-state index is 13.0. The summed E-state index contributed by atoms with van der Waals surface area (Å²) in [7, 11) is 0. The Hall–Kier alpha value is -2.48. The van der Waals surface area contributed by atoms with Gasteiger partial charge in [0.2, 0.25) is 0 Å². The van der Waals surface area contributed by atoms with Gasteiger partial charge in [-0.05, 0) is 31.5 Å². The third kappa shape index (κ3) is 2.96. The van der Waals surface area contributed by atoms with Crippen LogP contribution < -0.4 is 10.6 Å². The average molecular weight is 348 g/mol. The molecule has 3 amide bonds. The highest BCUT2D eigenvalue weighted by atomic mass is 32.1. The molecule has 0 bridgehead atoms. The first kappa shape index (κ1) is 16.4. The molecule has 0 aliphatic carbocycles. The number of hydrogen-bond donors (Lipinski definition) is 1. The molecule has 1 saturated heterocycles. The van der Waals surface area contributed by atoms with Crippen molar-refractivity contribution in [3.05, 3.63) is 46.2 Å². The van der Waals surface area contributed by atoms with Crippen molar-refractivity contribution >= 4 is 28.4 Å². The summed E-state index contributed by atoms with van der Waals surface area (Å²) in [5, 5.41) is 0.473. The number of carbonyl (C=O) groups excluding carboxylic acids is 2. The van der Waals surface area contributed by atoms with Crippen molar-refractivity contribution < 1.29 is 14.0 Å². The Balaban J connectivity index is 1.81. The Bertz CT molecular complexity index is 790. The van der Waals surface area contributed by atoms with Gasteiger partial charge in [0.05, 0.1) is 11.7 Å². The number of nitrogens with zero attached hydrogens (tertiary/aromatic N) is 3. The van der Waals surface area contributed by atoms with E-state index in [1.807, 2.05) is 6.92 Å². The van der Waals surface area contributed by atoms with Crippen LogP contribution in [0.2, 0.25) is 0 Å². The summed E-state index contributed by atoms with van der Waals surface area (Å²) in [5.41, 5.74) is 6.71. The number of benzene rings is 1. The average Bonchev–Trinajstić information content (AvgIpc) is 3.02. The van der Waals surface area contributed by atoms with Gasteiger partial charge in [-0.3, -0.25) is 9.69 Å². The fourth-order valence-electron chi connectivity index (χ4n) is 2.75. The molecule has 6 nitrogen and oxygen atoms in total. The fraction of sp³-hybridized carbons (Fsp3) is 0.312. The summed E-state index contributed by atoms with van der Waals surface area (Å²) in [6.45, 7) is 4.54. The predicted octanol–water partition coefficient (Wildman–Crippen LogP) is 2.52. The lowest BCUT2D eigenvalue weighted by Gasteiger charge is -2.17. The largest absolute Gasteiger partial charge is 0.365 e. The van der Waals surface area contributed by atoms with Gasteiger partial charge in [0.1, 0.15) is 10.7 Å². The molecule has 0 spiro atoms. The number of carbonyl (C=O) groups is 2. The number of aryl methyl sites for hydroxylation is 1. The number of hydrogen-bond acceptors (Lipinski definition) is 4. The highest BCUT2D eigenvalue weighted by Crippen LogP contribution is 2.31. The minimum Gasteiger partial charge on any atom is -0.365 e. The van der Waals surface area contributed by atoms with Crippen LogP contribution in [0.4, 0.5) is 14.3 Å². The van der Waals surface area contributed by atoms with E-state index in [0.717, 1.165) is 16.9 Å². The predicted molar refractivity (Wildman–Crippen MR) is 89.5 cm³/mol. The second-order valence-electron chi connectivity index (χ2n) is 5.78. The fourth-order valence-corrected chi connectivity index (χ4v) is 3.76. The topological polar surface area (TPSA) is 79.5 Å². The molecule has 0 radical (unpaired) electrons. The zero-order chi connectivity index (χ0) is 17.4. The first-order valence-electron chi connectivity index (χ1n) is 7.46. The molecule has 8 heteroatoms. The van der Waals surface area contributed by atoms with E-state index in [1.165, 1.54) is 12.1 Å². The van der Waals surface area contributed by atoms with Gasteiger partial charge in [-0.15, -0.1) is 0 Å². The van der Waals surface area contributed by atoms with E-state index >= 15 is 0 Å². The van der Waals surface area contributed by atoms with Crippen molar-refractivity contribution in [1.29, 1.82) is 0 Å². The first-order valence-corrected chi connectivity index (χ1v) is 8.28. The lowest BCUT2D eigenvalue weighted by Crippen LogP contribution is -2.33. The molecule has 3 rings (SSSR count). The van der Waals surface area contributed by atoms with Crippen molar-refractivity contribution in [3.63, 3.8) is 0 Å². The highest BCUT2D eigenvalue weighted by molar-refractivity contribution is 7.17. The van der Waals surface area contributed by atoms with Crippen molar-refractivity contribution in [2.24, 2.45) is 5.73 Å². The van der Waals surface area contributed by atoms with Crippen molar-refractivity contribution in [1.82, 2.24) is 9.88 Å². The Kier molecular flexibility index (Phi) is 4.23. The molecule has 0 saturated carbocycles. The smallest absolute Gasteiger partial charge is 0.326 e. The summed E-state index contributed by atoms with van der Waals surface area (Å²) in [6.07, 6.45) is 0. The van der Waals surface area contributed by atoms with E-state index in [1.54, 1.807) is 28.9 Å². The molecule has 2 N–H and O–H groups in total. The number of primary amides is 1. The third-order valence-corrected chi connectivity index (χ3v) is 5.08. The van der Waals surface area contributed by atoms with Crippen LogP contribution in [0, 0.1) is 12.7 Å². The van der Waals surface area contributed by atoms with Crippen LogP contribution in [0.3, 0.4) is 0 Å². The van der Waals surface area contributed by atoms with Gasteiger partial charge in [0.25, 0.3) is 5.91 Å². The SMILES string of the molecule is Cc1nc(N2C(=O)N(Cc3ccc(F)cc3)C[C@@H]2C)sc1C(N)=O. The number of urea groups is 1. The second kappa shape index (κ2) is 6.20. The Labute approximate surface area is 142 Å². The van der Waals surface area contributed by atoms with Gasteiger partial charge in [0.15, 0.2) is 5.13 Å². The summed E-state index contributed by atoms with van der Waals surface area (Å²) < 4.78 is 13.0. The lowest BCUT2D eigenvalue weighted by molar-refractivity contribution is 0.100. The number of anilines is 1. The van der Waals surface area contributed by atoms with Crippen LogP contribution >= 0.6 is 11.3 Å². The summed E-state index contributed by atoms with van der Waals surface area (Å²) in [5.74, 6) is -0.850. The molecule has 1 atom stereocenters. The minimum atomic E-state index is -0.543. The Morgan fingerprint density at radius 1 is 1.42 bits per heavy atom. The number of aromatic nitrogens is 1. The zero-order valence-corrected chi connectivity index (χ0v) is 14.1. The second-order valence-corrected chi connectivity index (χ2v) is 6.76. The first-order chi connectivity index (χ1) is 11.4. The monoisotopic (exact) mass is 348 g/mol. The van der Waals surface area contributed by atoms with Crippen LogP contribution in [0.25, 0.3) is 0 Å². The van der Waals surface area contributed by atoms with Gasteiger partial charge in [-0.25, -0.2) is 14.2 Å². The molecule has 2 heterocycles. The normalized spacial score (nSPS) is 17.6. The van der Waals surface area contributed by atoms with Gasteiger partial charge in [0, 0.05) is 13.1 Å². The zero-order valence-electron chi connectivity index (χ0n) is 13.3. The van der Waals surface area contributed by atoms with E-state index in [9.17, 15) is 14.0 Å². The number of halogens is 1. The van der Waals surface area contributed by atoms with Crippen LogP contribution in [0.1, 0.15) is 27.9 Å². The van der Waals surface area contributed by atoms with Gasteiger partial charge < -0.3 is 10.6 Å². The summed E-state index contributed by atoms with van der Waals surface area (Å²) in [6, 6.07) is 5.81. The van der Waals surface area contributed by atoms with E-state index < -0.39 is 5.91 Å². The number of nitrogens with two attached hydrogens (primary N) is 1. The molecule has 24 heavy (non-hydrogen) atoms. The van der Waals surface area contributed by atoms with E-state index in [-0.39, 0.29) is 17.9 Å². The maximum absolute atomic E-state index is 13.0. The number of rotatable bonds is 4. The Morgan fingerprint density at radius 3 is 2.67 bits per heavy atom. The van der Waals surface area contributed by atoms with Crippen molar-refractivity contribution in [2.75, 3.05) is 11.4 Å². The summed E-state index contributed by atoms with van der Waals surface area (Å²) in [4.78, 5) is 32.0. The Morgan fingerprint density at radius 2 is 2.08 bits per heavy atom. The minimum absolute atomic E-state index is 0.0794. The van der Waals surface area contributed by atoms with Crippen LogP contribution in [-0.4, -0.2) is 34.4 Å². The molecule has 1 aliphatic rings. The molecular formula is C16H17FN4O2S. The van der Waals surface area contributed by atoms with E-state index in [0.29, 0.717) is 28.8 Å². The molecule has 1 aliphatic heterocycles. The van der Waals surface area contributed by atoms with Crippen molar-refractivity contribution in [3.8, 4) is 0 Å². The molecule has 126 valence electrons. The van der Waals surface area contributed by atoms with Gasteiger partial charge in [-0.2, -0.15) is 0 Å². The maximum Gasteiger partial charge on any atom is 0.326 e. The third-order valence-electron chi connectivity index (χ3n) is 3.90. The van der Waals surface area contributed by atoms with Crippen LogP contribution in [0.5, 0.6) is 0 Å². The van der Waals surface area contributed by atoms with Crippen LogP contribution in [0.15, 0.2) is 24.3 Å². The lowest BCUT2D eigenvalue weighted by atomic mass is 10.2. The van der Waals surface area contributed by atoms with Gasteiger partial charge in [-0.1, -0.05) is 23.5 Å². The number of thiazole rings is 1. The van der Waals surface area contributed by atoms with E-state index in [4.69, 9.17) is 5.73 Å². The quantitative estimate of drug-likeness (QED) is 0.922. The molecule has 1 aromatic carbocycles. The molecule has 1 fully saturated rings. The highest BCUT2D eigenvalue weighted by Gasteiger charge is 2.37. The van der Waals surface area contributed by atoms with E-state index in [2.05, 4.69) is 4.98 Å². The standard InChI is InChI=1S/C16H17FN4O2S/c1-9-7-20(8-11-3-5-12(17)6-4-11)16(23)21(9)15-19-10(2)13(24-15)14(18)22/h3-6,9H,7-8H2,1-2H3,(H2,18,22)/t9-/m0/s1. The summed E-state index contributed by atoms with van der Waals surface area (Å²) >= 11 is 1.13. The molecule has 1 aromatic heterocycles. The van der Waals surface area contributed by atoms with Crippen molar-refractivity contribution in [2.45, 2.75) is 26.4 Å².